The number of aliphatic carboxylic acids is 1. The second kappa shape index (κ2) is 8.49. The molecule has 12 nitrogen and oxygen atoms in total. The highest BCUT2D eigenvalue weighted by Gasteiger charge is 2.26. The van der Waals surface area contributed by atoms with E-state index in [1.165, 1.54) is 26.2 Å². The van der Waals surface area contributed by atoms with Crippen LogP contribution in [0.15, 0.2) is 51.1 Å². The number of aromatic nitrogens is 2. The lowest BCUT2D eigenvalue weighted by Gasteiger charge is -2.14. The van der Waals surface area contributed by atoms with Crippen LogP contribution in [0.5, 0.6) is 11.5 Å². The van der Waals surface area contributed by atoms with Gasteiger partial charge in [-0.15, -0.1) is 4.68 Å². The average Bonchev–Trinajstić information content (AvgIpc) is 2.73. The highest BCUT2D eigenvalue weighted by Crippen LogP contribution is 2.38. The van der Waals surface area contributed by atoms with Crippen molar-refractivity contribution in [3.05, 3.63) is 72.9 Å². The monoisotopic (exact) mass is 428 g/mol. The standard InChI is InChI=1S/C19H16N4O8/c1-10(18(25)26)31-16-14(23(28)29)7-11(8-15(16)30-2)9-20-22-17(24)12-5-3-4-6-13(12)21-19(22)27/h3-10H,1-2H3,(H,21,27)(H,25,26)/t10-/m0/s1. The van der Waals surface area contributed by atoms with Crippen LogP contribution in [0.2, 0.25) is 0 Å². The van der Waals surface area contributed by atoms with E-state index in [4.69, 9.17) is 14.6 Å². The van der Waals surface area contributed by atoms with Gasteiger partial charge in [0.25, 0.3) is 5.56 Å². The van der Waals surface area contributed by atoms with E-state index < -0.39 is 33.9 Å². The summed E-state index contributed by atoms with van der Waals surface area (Å²) >= 11 is 0. The zero-order chi connectivity index (χ0) is 22.7. The number of nitro benzene ring substituents is 1. The number of benzene rings is 2. The number of aromatic amines is 1. The van der Waals surface area contributed by atoms with E-state index in [0.29, 0.717) is 10.2 Å². The van der Waals surface area contributed by atoms with E-state index in [0.717, 1.165) is 12.3 Å². The number of nitro groups is 1. The topological polar surface area (TPSA) is 166 Å². The van der Waals surface area contributed by atoms with Gasteiger partial charge in [0.15, 0.2) is 11.9 Å². The molecule has 2 aromatic carbocycles. The molecule has 1 aromatic heterocycles. The summed E-state index contributed by atoms with van der Waals surface area (Å²) in [5.41, 5.74) is -1.59. The van der Waals surface area contributed by atoms with Crippen molar-refractivity contribution in [1.29, 1.82) is 0 Å². The van der Waals surface area contributed by atoms with Crippen molar-refractivity contribution in [3.63, 3.8) is 0 Å². The molecule has 1 heterocycles. The van der Waals surface area contributed by atoms with Crippen LogP contribution >= 0.6 is 0 Å². The molecule has 31 heavy (non-hydrogen) atoms. The van der Waals surface area contributed by atoms with Crippen molar-refractivity contribution in [2.45, 2.75) is 13.0 Å². The van der Waals surface area contributed by atoms with Gasteiger partial charge in [-0.3, -0.25) is 14.9 Å². The lowest BCUT2D eigenvalue weighted by Crippen LogP contribution is -2.32. The van der Waals surface area contributed by atoms with E-state index >= 15 is 0 Å². The first-order valence-electron chi connectivity index (χ1n) is 8.77. The summed E-state index contributed by atoms with van der Waals surface area (Å²) in [7, 11) is 1.22. The van der Waals surface area contributed by atoms with Gasteiger partial charge in [0.05, 0.1) is 29.2 Å². The third-order valence-electron chi connectivity index (χ3n) is 4.22. The number of nitrogens with zero attached hydrogens (tertiary/aromatic N) is 3. The lowest BCUT2D eigenvalue weighted by molar-refractivity contribution is -0.386. The van der Waals surface area contributed by atoms with E-state index in [2.05, 4.69) is 10.1 Å². The molecule has 0 unspecified atom stereocenters. The first kappa shape index (κ1) is 21.2. The smallest absolute Gasteiger partial charge is 0.349 e. The van der Waals surface area contributed by atoms with Crippen molar-refractivity contribution in [2.75, 3.05) is 7.11 Å². The molecule has 0 bridgehead atoms. The van der Waals surface area contributed by atoms with Crippen molar-refractivity contribution in [2.24, 2.45) is 5.10 Å². The number of rotatable bonds is 7. The van der Waals surface area contributed by atoms with E-state index in [1.54, 1.807) is 18.2 Å². The molecule has 0 spiro atoms. The Labute approximate surface area is 173 Å². The minimum atomic E-state index is -1.37. The Bertz CT molecular complexity index is 1320. The predicted octanol–water partition coefficient (Wildman–Crippen LogP) is 1.34. The molecule has 12 heteroatoms. The molecule has 0 aliphatic carbocycles. The minimum absolute atomic E-state index is 0.110. The van der Waals surface area contributed by atoms with Gasteiger partial charge in [0.2, 0.25) is 5.75 Å². The van der Waals surface area contributed by atoms with Crippen molar-refractivity contribution < 1.29 is 24.3 Å². The van der Waals surface area contributed by atoms with Gasteiger partial charge < -0.3 is 19.6 Å². The Kier molecular flexibility index (Phi) is 5.81. The molecular formula is C19H16N4O8. The fourth-order valence-corrected chi connectivity index (χ4v) is 2.70. The number of carboxylic acids is 1. The van der Waals surface area contributed by atoms with Gasteiger partial charge in [-0.2, -0.15) is 5.10 Å². The number of ether oxygens (including phenoxy) is 2. The van der Waals surface area contributed by atoms with Gasteiger partial charge in [0, 0.05) is 11.6 Å². The molecule has 0 fully saturated rings. The number of carbonyl (C=O) groups is 1. The third-order valence-corrected chi connectivity index (χ3v) is 4.22. The third kappa shape index (κ3) is 4.27. The van der Waals surface area contributed by atoms with Gasteiger partial charge in [0.1, 0.15) is 0 Å². The zero-order valence-electron chi connectivity index (χ0n) is 16.3. The van der Waals surface area contributed by atoms with Gasteiger partial charge in [-0.1, -0.05) is 12.1 Å². The van der Waals surface area contributed by atoms with Crippen LogP contribution in [0.1, 0.15) is 12.5 Å². The van der Waals surface area contributed by atoms with E-state index in [9.17, 15) is 24.5 Å². The normalized spacial score (nSPS) is 12.1. The van der Waals surface area contributed by atoms with Gasteiger partial charge >= 0.3 is 17.3 Å². The summed E-state index contributed by atoms with van der Waals surface area (Å²) < 4.78 is 10.8. The maximum Gasteiger partial charge on any atom is 0.349 e. The molecule has 0 aliphatic rings. The SMILES string of the molecule is COc1cc(C=Nn2c(=O)[nH]c3ccccc3c2=O)cc([N+](=O)[O-])c1O[C@@H](C)C(=O)O. The molecule has 160 valence electrons. The highest BCUT2D eigenvalue weighted by atomic mass is 16.6. The predicted molar refractivity (Wildman–Crippen MR) is 109 cm³/mol. The highest BCUT2D eigenvalue weighted by molar-refractivity contribution is 5.84. The molecule has 1 atom stereocenters. The fraction of sp³-hybridized carbons (Fsp3) is 0.158. The number of H-pyrrole nitrogens is 1. The van der Waals surface area contributed by atoms with Crippen molar-refractivity contribution >= 4 is 28.8 Å². The van der Waals surface area contributed by atoms with Crippen molar-refractivity contribution in [3.8, 4) is 11.5 Å². The summed E-state index contributed by atoms with van der Waals surface area (Å²) in [6.45, 7) is 1.21. The number of hydrogen-bond acceptors (Lipinski definition) is 8. The number of methoxy groups -OCH3 is 1. The molecule has 3 rings (SSSR count). The van der Waals surface area contributed by atoms with Crippen LogP contribution in [0, 0.1) is 10.1 Å². The Morgan fingerprint density at radius 1 is 1.32 bits per heavy atom. The van der Waals surface area contributed by atoms with Crippen LogP contribution in [-0.4, -0.2) is 45.1 Å². The second-order valence-electron chi connectivity index (χ2n) is 6.26. The number of para-hydroxylation sites is 1. The maximum absolute atomic E-state index is 12.5. The van der Waals surface area contributed by atoms with Crippen LogP contribution < -0.4 is 20.7 Å². The minimum Gasteiger partial charge on any atom is -0.493 e. The zero-order valence-corrected chi connectivity index (χ0v) is 16.3. The number of hydrogen-bond donors (Lipinski definition) is 2. The van der Waals surface area contributed by atoms with Crippen LogP contribution in [0.4, 0.5) is 5.69 Å². The van der Waals surface area contributed by atoms with Crippen LogP contribution in [0.3, 0.4) is 0 Å². The molecule has 3 aromatic rings. The first-order valence-corrected chi connectivity index (χ1v) is 8.77. The molecule has 2 N–H and O–H groups in total. The van der Waals surface area contributed by atoms with E-state index in [1.807, 2.05) is 0 Å². The maximum atomic E-state index is 12.5. The van der Waals surface area contributed by atoms with Gasteiger partial charge in [-0.05, 0) is 25.1 Å². The summed E-state index contributed by atoms with van der Waals surface area (Å²) in [5.74, 6) is -1.82. The Morgan fingerprint density at radius 2 is 2.03 bits per heavy atom. The Balaban J connectivity index is 2.09. The van der Waals surface area contributed by atoms with Crippen LogP contribution in [-0.2, 0) is 4.79 Å². The number of nitrogens with one attached hydrogen (secondary N) is 1. The molecule has 0 radical (unpaired) electrons. The summed E-state index contributed by atoms with van der Waals surface area (Å²) in [5, 5.41) is 24.6. The largest absolute Gasteiger partial charge is 0.493 e. The summed E-state index contributed by atoms with van der Waals surface area (Å²) in [6, 6.07) is 8.71. The first-order chi connectivity index (χ1) is 14.7. The van der Waals surface area contributed by atoms with E-state index in [-0.39, 0.29) is 22.4 Å². The molecule has 0 aliphatic heterocycles. The average molecular weight is 428 g/mol. The lowest BCUT2D eigenvalue weighted by atomic mass is 10.2. The number of carboxylic acid groups (broad SMARTS) is 1. The summed E-state index contributed by atoms with van der Waals surface area (Å²) in [4.78, 5) is 49.0. The molecule has 0 saturated carbocycles. The Morgan fingerprint density at radius 3 is 2.68 bits per heavy atom. The van der Waals surface area contributed by atoms with Gasteiger partial charge in [-0.25, -0.2) is 9.59 Å². The Hall–Kier alpha value is -4.48. The molecule has 0 amide bonds. The molecular weight excluding hydrogens is 412 g/mol. The van der Waals surface area contributed by atoms with Crippen LogP contribution in [0.25, 0.3) is 10.9 Å². The van der Waals surface area contributed by atoms with Crippen molar-refractivity contribution in [1.82, 2.24) is 9.66 Å². The molecule has 0 saturated heterocycles. The fourth-order valence-electron chi connectivity index (χ4n) is 2.70. The quantitative estimate of drug-likeness (QED) is 0.323. The second-order valence-corrected chi connectivity index (χ2v) is 6.26. The number of fused-ring (bicyclic) bond motifs is 1. The summed E-state index contributed by atoms with van der Waals surface area (Å²) in [6.07, 6.45) is -0.312.